The molecule has 96 valence electrons. The van der Waals surface area contributed by atoms with Crippen LogP contribution in [0, 0.1) is 0 Å². The van der Waals surface area contributed by atoms with Gasteiger partial charge in [-0.1, -0.05) is 51.4 Å². The molecule has 0 aliphatic carbocycles. The van der Waals surface area contributed by atoms with E-state index in [1.807, 2.05) is 0 Å². The molecule has 2 heteroatoms. The minimum absolute atomic E-state index is 0.333. The molecule has 2 N–H and O–H groups in total. The number of unbranched alkanes of at least 4 members (excludes halogenated alkanes) is 9. The van der Waals surface area contributed by atoms with Crippen molar-refractivity contribution in [2.45, 2.75) is 77.6 Å². The smallest absolute Gasteiger partial charge is 0.129 e. The summed E-state index contributed by atoms with van der Waals surface area (Å²) in [7, 11) is 0. The second-order valence-corrected chi connectivity index (χ2v) is 4.78. The fourth-order valence-corrected chi connectivity index (χ4v) is 1.93. The van der Waals surface area contributed by atoms with Gasteiger partial charge in [0.1, 0.15) is 5.78 Å². The Morgan fingerprint density at radius 3 is 1.50 bits per heavy atom. The van der Waals surface area contributed by atoms with Gasteiger partial charge in [-0.3, -0.25) is 0 Å². The molecule has 2 nitrogen and oxygen atoms in total. The normalized spacial score (nSPS) is 10.6. The summed E-state index contributed by atoms with van der Waals surface area (Å²) in [5, 5.41) is 0. The van der Waals surface area contributed by atoms with E-state index in [9.17, 15) is 4.79 Å². The summed E-state index contributed by atoms with van der Waals surface area (Å²) in [6.07, 6.45) is 13.7. The standard InChI is InChI=1S/C14H29NO/c1-14(16)12-10-8-6-4-2-3-5-7-9-11-13-15/h2-13,15H2,1H3. The van der Waals surface area contributed by atoms with E-state index in [1.165, 1.54) is 57.8 Å². The van der Waals surface area contributed by atoms with E-state index in [0.717, 1.165) is 19.4 Å². The SMILES string of the molecule is CC(=O)CCCCCCCCCCCCN. The van der Waals surface area contributed by atoms with Crippen molar-refractivity contribution < 1.29 is 4.79 Å². The summed E-state index contributed by atoms with van der Waals surface area (Å²) >= 11 is 0. The highest BCUT2D eigenvalue weighted by Gasteiger charge is 1.94. The number of ketones is 1. The molecule has 0 saturated carbocycles. The van der Waals surface area contributed by atoms with Crippen LogP contribution in [0.1, 0.15) is 77.6 Å². The molecule has 0 aliphatic heterocycles. The van der Waals surface area contributed by atoms with Gasteiger partial charge in [0.25, 0.3) is 0 Å². The number of rotatable bonds is 12. The molecule has 0 spiro atoms. The largest absolute Gasteiger partial charge is 0.330 e. The van der Waals surface area contributed by atoms with Crippen molar-refractivity contribution in [1.82, 2.24) is 0 Å². The van der Waals surface area contributed by atoms with Crippen LogP contribution in [0.4, 0.5) is 0 Å². The summed E-state index contributed by atoms with van der Waals surface area (Å²) in [6.45, 7) is 2.53. The third kappa shape index (κ3) is 13.6. The van der Waals surface area contributed by atoms with Gasteiger partial charge in [-0.2, -0.15) is 0 Å². The van der Waals surface area contributed by atoms with Crippen LogP contribution in [0.2, 0.25) is 0 Å². The molecular weight excluding hydrogens is 198 g/mol. The van der Waals surface area contributed by atoms with Gasteiger partial charge in [-0.05, 0) is 26.3 Å². The molecule has 0 heterocycles. The Morgan fingerprint density at radius 2 is 1.12 bits per heavy atom. The zero-order chi connectivity index (χ0) is 12.1. The molecule has 0 unspecified atom stereocenters. The molecule has 0 fully saturated rings. The minimum atomic E-state index is 0.333. The maximum absolute atomic E-state index is 10.7. The molecule has 0 aromatic heterocycles. The Balaban J connectivity index is 2.90. The topological polar surface area (TPSA) is 43.1 Å². The highest BCUT2D eigenvalue weighted by atomic mass is 16.1. The molecule has 0 saturated heterocycles. The predicted molar refractivity (Wildman–Crippen MR) is 70.5 cm³/mol. The summed E-state index contributed by atoms with van der Waals surface area (Å²) < 4.78 is 0. The maximum Gasteiger partial charge on any atom is 0.129 e. The van der Waals surface area contributed by atoms with Crippen molar-refractivity contribution in [2.75, 3.05) is 6.54 Å². The van der Waals surface area contributed by atoms with Crippen molar-refractivity contribution >= 4 is 5.78 Å². The fraction of sp³-hybridized carbons (Fsp3) is 0.929. The van der Waals surface area contributed by atoms with Crippen LogP contribution < -0.4 is 5.73 Å². The van der Waals surface area contributed by atoms with Crippen LogP contribution in [0.15, 0.2) is 0 Å². The minimum Gasteiger partial charge on any atom is -0.330 e. The van der Waals surface area contributed by atoms with Crippen LogP contribution in [-0.4, -0.2) is 12.3 Å². The van der Waals surface area contributed by atoms with Gasteiger partial charge in [0.15, 0.2) is 0 Å². The molecule has 0 aromatic rings. The lowest BCUT2D eigenvalue weighted by molar-refractivity contribution is -0.117. The van der Waals surface area contributed by atoms with E-state index in [-0.39, 0.29) is 0 Å². The van der Waals surface area contributed by atoms with Gasteiger partial charge in [0.2, 0.25) is 0 Å². The van der Waals surface area contributed by atoms with Crippen molar-refractivity contribution in [1.29, 1.82) is 0 Å². The molecule has 0 aliphatic rings. The molecule has 0 amide bonds. The Bertz CT molecular complexity index is 157. The Kier molecular flexibility index (Phi) is 12.4. The summed E-state index contributed by atoms with van der Waals surface area (Å²) in [5.74, 6) is 0.333. The molecule has 0 radical (unpaired) electrons. The summed E-state index contributed by atoms with van der Waals surface area (Å²) in [6, 6.07) is 0. The highest BCUT2D eigenvalue weighted by Crippen LogP contribution is 2.11. The number of hydrogen-bond donors (Lipinski definition) is 1. The lowest BCUT2D eigenvalue weighted by Gasteiger charge is -2.01. The monoisotopic (exact) mass is 227 g/mol. The van der Waals surface area contributed by atoms with Crippen molar-refractivity contribution in [3.63, 3.8) is 0 Å². The van der Waals surface area contributed by atoms with Crippen molar-refractivity contribution in [2.24, 2.45) is 5.73 Å². The Hall–Kier alpha value is -0.370. The summed E-state index contributed by atoms with van der Waals surface area (Å²) in [5.41, 5.74) is 5.43. The quantitative estimate of drug-likeness (QED) is 0.515. The van der Waals surface area contributed by atoms with Gasteiger partial charge in [-0.15, -0.1) is 0 Å². The van der Waals surface area contributed by atoms with Gasteiger partial charge in [-0.25, -0.2) is 0 Å². The van der Waals surface area contributed by atoms with E-state index in [2.05, 4.69) is 0 Å². The zero-order valence-electron chi connectivity index (χ0n) is 11.0. The van der Waals surface area contributed by atoms with E-state index in [0.29, 0.717) is 5.78 Å². The van der Waals surface area contributed by atoms with E-state index < -0.39 is 0 Å². The molecule has 16 heavy (non-hydrogen) atoms. The Morgan fingerprint density at radius 1 is 0.750 bits per heavy atom. The second kappa shape index (κ2) is 12.7. The maximum atomic E-state index is 10.7. The lowest BCUT2D eigenvalue weighted by atomic mass is 10.1. The average Bonchev–Trinajstić information content (AvgIpc) is 2.25. The van der Waals surface area contributed by atoms with E-state index in [1.54, 1.807) is 6.92 Å². The summed E-state index contributed by atoms with van der Waals surface area (Å²) in [4.78, 5) is 10.7. The number of Topliss-reactive ketones (excluding diaryl/α,β-unsaturated/α-hetero) is 1. The molecule has 0 aromatic carbocycles. The third-order valence-electron chi connectivity index (χ3n) is 2.98. The van der Waals surface area contributed by atoms with Gasteiger partial charge in [0, 0.05) is 6.42 Å². The predicted octanol–water partition coefficient (Wildman–Crippen LogP) is 3.83. The van der Waals surface area contributed by atoms with Crippen LogP contribution in [0.3, 0.4) is 0 Å². The van der Waals surface area contributed by atoms with Crippen molar-refractivity contribution in [3.05, 3.63) is 0 Å². The van der Waals surface area contributed by atoms with Gasteiger partial charge < -0.3 is 10.5 Å². The molecule has 0 atom stereocenters. The van der Waals surface area contributed by atoms with E-state index in [4.69, 9.17) is 5.73 Å². The molecule has 0 bridgehead atoms. The van der Waals surface area contributed by atoms with Crippen molar-refractivity contribution in [3.8, 4) is 0 Å². The first-order valence-corrected chi connectivity index (χ1v) is 6.97. The van der Waals surface area contributed by atoms with Crippen LogP contribution >= 0.6 is 0 Å². The van der Waals surface area contributed by atoms with Crippen LogP contribution in [0.25, 0.3) is 0 Å². The fourth-order valence-electron chi connectivity index (χ4n) is 1.93. The van der Waals surface area contributed by atoms with Crippen LogP contribution in [-0.2, 0) is 4.79 Å². The second-order valence-electron chi connectivity index (χ2n) is 4.78. The van der Waals surface area contributed by atoms with E-state index >= 15 is 0 Å². The molecular formula is C14H29NO. The molecule has 0 rings (SSSR count). The third-order valence-corrected chi connectivity index (χ3v) is 2.98. The number of nitrogens with two attached hydrogens (primary N) is 1. The first-order chi connectivity index (χ1) is 7.77. The zero-order valence-corrected chi connectivity index (χ0v) is 11.0. The first kappa shape index (κ1) is 15.6. The highest BCUT2D eigenvalue weighted by molar-refractivity contribution is 5.75. The number of carbonyl (C=O) groups excluding carboxylic acids is 1. The van der Waals surface area contributed by atoms with Crippen LogP contribution in [0.5, 0.6) is 0 Å². The Labute approximate surface area is 101 Å². The first-order valence-electron chi connectivity index (χ1n) is 6.97. The number of hydrogen-bond acceptors (Lipinski definition) is 2. The lowest BCUT2D eigenvalue weighted by Crippen LogP contribution is -1.97. The number of carbonyl (C=O) groups is 1. The van der Waals surface area contributed by atoms with Gasteiger partial charge >= 0.3 is 0 Å². The average molecular weight is 227 g/mol. The van der Waals surface area contributed by atoms with Gasteiger partial charge in [0.05, 0.1) is 0 Å².